The average molecular weight is 445 g/mol. The number of nitrogens with zero attached hydrogens (tertiary/aromatic N) is 1. The minimum atomic E-state index is -0.0237. The topological polar surface area (TPSA) is 51.2 Å². The van der Waals surface area contributed by atoms with Crippen molar-refractivity contribution in [2.24, 2.45) is 0 Å². The molecule has 0 spiro atoms. The van der Waals surface area contributed by atoms with Crippen molar-refractivity contribution in [2.45, 2.75) is 89.7 Å². The fraction of sp³-hybridized carbons (Fsp3) is 0.615. The number of hydrogen-bond donors (Lipinski definition) is 1. The Morgan fingerprint density at radius 1 is 1.00 bits per heavy atom. The molecule has 1 aromatic heterocycles. The third kappa shape index (κ3) is 8.72. The number of nitrogens with one attached hydrogen (secondary N) is 1. The molecule has 0 saturated carbocycles. The molecule has 172 valence electrons. The van der Waals surface area contributed by atoms with Crippen LogP contribution in [0.3, 0.4) is 0 Å². The summed E-state index contributed by atoms with van der Waals surface area (Å²) in [5, 5.41) is 4.09. The van der Waals surface area contributed by atoms with E-state index < -0.39 is 0 Å². The molecule has 0 fully saturated rings. The Hall–Kier alpha value is -1.75. The van der Waals surface area contributed by atoms with Crippen LogP contribution in [0.4, 0.5) is 5.69 Å². The molecular weight excluding hydrogens is 404 g/mol. The molecule has 1 N–H and O–H groups in total. The van der Waals surface area contributed by atoms with Crippen LogP contribution in [0.1, 0.15) is 84.5 Å². The Bertz CT molecular complexity index is 781. The second-order valence-electron chi connectivity index (χ2n) is 8.18. The first-order valence-corrected chi connectivity index (χ1v) is 13.1. The minimum Gasteiger partial charge on any atom is -0.495 e. The zero-order valence-electron chi connectivity index (χ0n) is 19.6. The highest BCUT2D eigenvalue weighted by Gasteiger charge is 2.21. The number of ether oxygens (including phenoxy) is 1. The number of unbranched alkanes of at least 4 members (excludes halogenated alkanes) is 8. The van der Waals surface area contributed by atoms with Gasteiger partial charge in [-0.3, -0.25) is 9.78 Å². The predicted molar refractivity (Wildman–Crippen MR) is 135 cm³/mol. The van der Waals surface area contributed by atoms with E-state index in [-0.39, 0.29) is 11.2 Å². The predicted octanol–water partition coefficient (Wildman–Crippen LogP) is 7.61. The van der Waals surface area contributed by atoms with Crippen LogP contribution >= 0.6 is 11.8 Å². The number of carbonyl (C=O) groups is 1. The van der Waals surface area contributed by atoms with Crippen LogP contribution in [0, 0.1) is 0 Å². The first kappa shape index (κ1) is 25.5. The number of anilines is 1. The fourth-order valence-electron chi connectivity index (χ4n) is 3.79. The molecule has 0 saturated heterocycles. The summed E-state index contributed by atoms with van der Waals surface area (Å²) in [5.74, 6) is 1.81. The van der Waals surface area contributed by atoms with Crippen molar-refractivity contribution < 1.29 is 9.53 Å². The van der Waals surface area contributed by atoms with Gasteiger partial charge >= 0.3 is 0 Å². The van der Waals surface area contributed by atoms with Gasteiger partial charge in [0, 0.05) is 11.6 Å². The van der Waals surface area contributed by atoms with Gasteiger partial charge in [-0.2, -0.15) is 0 Å². The summed E-state index contributed by atoms with van der Waals surface area (Å²) in [4.78, 5) is 17.7. The number of hydrogen-bond acceptors (Lipinski definition) is 4. The molecule has 0 radical (unpaired) electrons. The largest absolute Gasteiger partial charge is 0.495 e. The molecule has 2 rings (SSSR count). The number of methoxy groups -OCH3 is 1. The number of rotatable bonds is 16. The van der Waals surface area contributed by atoms with Gasteiger partial charge in [-0.15, -0.1) is 11.8 Å². The van der Waals surface area contributed by atoms with Crippen LogP contribution in [-0.2, 0) is 4.79 Å². The quantitative estimate of drug-likeness (QED) is 0.271. The lowest BCUT2D eigenvalue weighted by Gasteiger charge is -2.19. The number of thioether (sulfide) groups is 1. The molecule has 1 heterocycles. The molecule has 2 aromatic rings. The van der Waals surface area contributed by atoms with Crippen molar-refractivity contribution in [3.8, 4) is 5.75 Å². The monoisotopic (exact) mass is 444 g/mol. The maximum absolute atomic E-state index is 13.3. The van der Waals surface area contributed by atoms with Crippen LogP contribution in [0.15, 0.2) is 30.5 Å². The van der Waals surface area contributed by atoms with Crippen molar-refractivity contribution in [3.63, 3.8) is 0 Å². The summed E-state index contributed by atoms with van der Waals surface area (Å²) in [7, 11) is 1.64. The highest BCUT2D eigenvalue weighted by molar-refractivity contribution is 8.00. The summed E-state index contributed by atoms with van der Waals surface area (Å²) >= 11 is 1.82. The average Bonchev–Trinajstić information content (AvgIpc) is 2.79. The zero-order valence-corrected chi connectivity index (χ0v) is 20.4. The Kier molecular flexibility index (Phi) is 12.4. The van der Waals surface area contributed by atoms with E-state index in [1.165, 1.54) is 57.8 Å². The van der Waals surface area contributed by atoms with E-state index in [0.717, 1.165) is 35.2 Å². The van der Waals surface area contributed by atoms with Gasteiger partial charge in [0.15, 0.2) is 0 Å². The van der Waals surface area contributed by atoms with Crippen LogP contribution in [-0.4, -0.2) is 29.0 Å². The summed E-state index contributed by atoms with van der Waals surface area (Å²) < 4.78 is 5.55. The fourth-order valence-corrected chi connectivity index (χ4v) is 4.99. The van der Waals surface area contributed by atoms with Gasteiger partial charge in [0.2, 0.25) is 5.91 Å². The van der Waals surface area contributed by atoms with E-state index in [2.05, 4.69) is 24.1 Å². The van der Waals surface area contributed by atoms with Crippen molar-refractivity contribution in [1.82, 2.24) is 4.98 Å². The van der Waals surface area contributed by atoms with E-state index in [1.807, 2.05) is 36.0 Å². The second-order valence-corrected chi connectivity index (χ2v) is 9.49. The molecule has 1 unspecified atom stereocenters. The van der Waals surface area contributed by atoms with Gasteiger partial charge in [-0.05, 0) is 42.9 Å². The lowest BCUT2D eigenvalue weighted by molar-refractivity contribution is -0.115. The van der Waals surface area contributed by atoms with E-state index in [9.17, 15) is 4.79 Å². The number of pyridine rings is 1. The van der Waals surface area contributed by atoms with Gasteiger partial charge in [-0.25, -0.2) is 0 Å². The Morgan fingerprint density at radius 3 is 2.45 bits per heavy atom. The number of amides is 1. The summed E-state index contributed by atoms with van der Waals surface area (Å²) in [6, 6.07) is 7.69. The molecule has 0 bridgehead atoms. The molecule has 1 aromatic carbocycles. The van der Waals surface area contributed by atoms with E-state index >= 15 is 0 Å². The van der Waals surface area contributed by atoms with Gasteiger partial charge in [0.25, 0.3) is 0 Å². The van der Waals surface area contributed by atoms with E-state index in [0.29, 0.717) is 5.75 Å². The molecule has 31 heavy (non-hydrogen) atoms. The summed E-state index contributed by atoms with van der Waals surface area (Å²) in [6.07, 6.45) is 15.1. The first-order chi connectivity index (χ1) is 15.2. The number of benzene rings is 1. The van der Waals surface area contributed by atoms with Crippen molar-refractivity contribution >= 4 is 34.3 Å². The molecule has 5 heteroatoms. The molecular formula is C26H40N2O2S. The SMILES string of the molecule is CCCCCCCCC(SCCCCCC)C(=O)Nc1c(OC)ccc2ncccc12. The summed E-state index contributed by atoms with van der Waals surface area (Å²) in [5.41, 5.74) is 1.59. The minimum absolute atomic E-state index is 0.0237. The molecule has 0 aliphatic rings. The molecule has 4 nitrogen and oxygen atoms in total. The van der Waals surface area contributed by atoms with Gasteiger partial charge < -0.3 is 10.1 Å². The molecule has 0 aliphatic heterocycles. The number of fused-ring (bicyclic) bond motifs is 1. The van der Waals surface area contributed by atoms with Crippen molar-refractivity contribution in [3.05, 3.63) is 30.5 Å². The van der Waals surface area contributed by atoms with Crippen LogP contribution in [0.2, 0.25) is 0 Å². The molecule has 0 aliphatic carbocycles. The van der Waals surface area contributed by atoms with Crippen LogP contribution < -0.4 is 10.1 Å². The van der Waals surface area contributed by atoms with E-state index in [4.69, 9.17) is 4.74 Å². The molecule has 1 amide bonds. The number of aromatic nitrogens is 1. The maximum atomic E-state index is 13.3. The third-order valence-electron chi connectivity index (χ3n) is 5.64. The van der Waals surface area contributed by atoms with Crippen LogP contribution in [0.25, 0.3) is 10.9 Å². The smallest absolute Gasteiger partial charge is 0.237 e. The van der Waals surface area contributed by atoms with Gasteiger partial charge in [-0.1, -0.05) is 71.6 Å². The first-order valence-electron chi connectivity index (χ1n) is 12.0. The Labute approximate surface area is 192 Å². The summed E-state index contributed by atoms with van der Waals surface area (Å²) in [6.45, 7) is 4.47. The van der Waals surface area contributed by atoms with Gasteiger partial charge in [0.1, 0.15) is 5.75 Å². The maximum Gasteiger partial charge on any atom is 0.237 e. The number of carbonyl (C=O) groups excluding carboxylic acids is 1. The highest BCUT2D eigenvalue weighted by atomic mass is 32.2. The standard InChI is InChI=1S/C26H40N2O2S/c1-4-6-8-10-11-12-16-24(31-20-13-9-7-5-2)26(29)28-25-21-15-14-19-27-22(21)17-18-23(25)30-3/h14-15,17-19,24H,4-13,16,20H2,1-3H3,(H,28,29). The zero-order chi connectivity index (χ0) is 22.3. The van der Waals surface area contributed by atoms with Crippen LogP contribution in [0.5, 0.6) is 5.75 Å². The Morgan fingerprint density at radius 2 is 1.71 bits per heavy atom. The normalized spacial score (nSPS) is 12.1. The lowest BCUT2D eigenvalue weighted by atomic mass is 10.1. The molecule has 1 atom stereocenters. The third-order valence-corrected chi connectivity index (χ3v) is 7.02. The van der Waals surface area contributed by atoms with Crippen molar-refractivity contribution in [2.75, 3.05) is 18.2 Å². The lowest BCUT2D eigenvalue weighted by Crippen LogP contribution is -2.26. The Balaban J connectivity index is 2.04. The second kappa shape index (κ2) is 15.1. The van der Waals surface area contributed by atoms with Crippen molar-refractivity contribution in [1.29, 1.82) is 0 Å². The van der Waals surface area contributed by atoms with E-state index in [1.54, 1.807) is 13.3 Å². The van der Waals surface area contributed by atoms with Gasteiger partial charge in [0.05, 0.1) is 23.6 Å². The highest BCUT2D eigenvalue weighted by Crippen LogP contribution is 2.33.